The first-order valence-electron chi connectivity index (χ1n) is 10.1. The lowest BCUT2D eigenvalue weighted by molar-refractivity contribution is -0.115. The lowest BCUT2D eigenvalue weighted by Gasteiger charge is -2.53. The molecule has 0 aromatic heterocycles. The van der Waals surface area contributed by atoms with Crippen molar-refractivity contribution in [2.75, 3.05) is 0 Å². The molecule has 0 bridgehead atoms. The molecule has 23 heavy (non-hydrogen) atoms. The van der Waals surface area contributed by atoms with Gasteiger partial charge in [-0.3, -0.25) is 4.79 Å². The largest absolute Gasteiger partial charge is 0.295 e. The van der Waals surface area contributed by atoms with Crippen molar-refractivity contribution in [3.63, 3.8) is 0 Å². The molecule has 0 amide bonds. The average molecular weight is 312 g/mol. The molecule has 0 aliphatic heterocycles. The predicted octanol–water partition coefficient (Wildman–Crippen LogP) is 5.85. The van der Waals surface area contributed by atoms with E-state index >= 15 is 0 Å². The number of rotatable bonds is 2. The first kappa shape index (κ1) is 15.7. The van der Waals surface area contributed by atoms with Gasteiger partial charge in [0.1, 0.15) is 0 Å². The molecule has 4 aliphatic rings. The molecule has 3 saturated carbocycles. The second kappa shape index (κ2) is 5.90. The van der Waals surface area contributed by atoms with Crippen LogP contribution < -0.4 is 0 Å². The van der Waals surface area contributed by atoms with Gasteiger partial charge in [-0.25, -0.2) is 0 Å². The third-order valence-electron chi connectivity index (χ3n) is 7.83. The van der Waals surface area contributed by atoms with Crippen LogP contribution in [-0.4, -0.2) is 5.78 Å². The van der Waals surface area contributed by atoms with Crippen molar-refractivity contribution < 1.29 is 4.79 Å². The van der Waals surface area contributed by atoms with Crippen LogP contribution in [0.15, 0.2) is 23.3 Å². The van der Waals surface area contributed by atoms with E-state index in [1.54, 1.807) is 5.57 Å². The van der Waals surface area contributed by atoms with Gasteiger partial charge in [-0.15, -0.1) is 0 Å². The molecule has 4 rings (SSSR count). The van der Waals surface area contributed by atoms with E-state index < -0.39 is 0 Å². The number of fused-ring (bicyclic) bond motifs is 5. The average Bonchev–Trinajstić information content (AvgIpc) is 2.89. The van der Waals surface area contributed by atoms with Crippen LogP contribution in [0.1, 0.15) is 78.1 Å². The molecule has 0 N–H and O–H groups in total. The highest BCUT2D eigenvalue weighted by molar-refractivity contribution is 5.91. The predicted molar refractivity (Wildman–Crippen MR) is 95.1 cm³/mol. The maximum Gasteiger partial charge on any atom is 0.155 e. The Kier molecular flexibility index (Phi) is 4.02. The van der Waals surface area contributed by atoms with Gasteiger partial charge in [0.2, 0.25) is 0 Å². The maximum atomic E-state index is 11.8. The molecular formula is C22H32O. The zero-order chi connectivity index (χ0) is 16.0. The Morgan fingerprint density at radius 3 is 2.83 bits per heavy atom. The first-order chi connectivity index (χ1) is 11.1. The second-order valence-corrected chi connectivity index (χ2v) is 8.82. The van der Waals surface area contributed by atoms with Crippen LogP contribution in [0.25, 0.3) is 0 Å². The second-order valence-electron chi connectivity index (χ2n) is 8.82. The van der Waals surface area contributed by atoms with Gasteiger partial charge in [0, 0.05) is 6.42 Å². The van der Waals surface area contributed by atoms with E-state index in [-0.39, 0.29) is 0 Å². The fourth-order valence-corrected chi connectivity index (χ4v) is 6.68. The van der Waals surface area contributed by atoms with Gasteiger partial charge in [-0.1, -0.05) is 37.5 Å². The number of ketones is 1. The number of hydrogen-bond acceptors (Lipinski definition) is 1. The van der Waals surface area contributed by atoms with Crippen molar-refractivity contribution in [2.24, 2.45) is 29.1 Å². The smallest absolute Gasteiger partial charge is 0.155 e. The van der Waals surface area contributed by atoms with Gasteiger partial charge in [0.25, 0.3) is 0 Å². The van der Waals surface area contributed by atoms with Crippen molar-refractivity contribution in [3.8, 4) is 0 Å². The minimum absolute atomic E-state index is 0.390. The van der Waals surface area contributed by atoms with Crippen molar-refractivity contribution in [3.05, 3.63) is 23.3 Å². The number of carbonyl (C=O) groups excluding carboxylic acids is 1. The summed E-state index contributed by atoms with van der Waals surface area (Å²) in [4.78, 5) is 11.8. The summed E-state index contributed by atoms with van der Waals surface area (Å²) in [6.45, 7) is 4.88. The standard InChI is InChI=1S/C22H32O/c1-3-4-5-16-7-11-21-20-9-6-15-14-17(23)8-10-18(15)19(20)12-13-22(16,21)2/h5,14,18-21H,3-4,6-13H2,1-2H3/b16-5-/t18-,19+,20+,21-,22+/m0/s1. The Morgan fingerprint density at radius 1 is 1.13 bits per heavy atom. The van der Waals surface area contributed by atoms with Crippen LogP contribution in [0.3, 0.4) is 0 Å². The van der Waals surface area contributed by atoms with E-state index in [0.29, 0.717) is 11.2 Å². The SMILES string of the molecule is CCC/C=C1/CC[C@H]2[C@@H]3CCC4=CC(=O)CC[C@@H]4[C@H]3CC[C@]12C. The van der Waals surface area contributed by atoms with E-state index in [1.165, 1.54) is 56.9 Å². The highest BCUT2D eigenvalue weighted by atomic mass is 16.1. The van der Waals surface area contributed by atoms with E-state index in [0.717, 1.165) is 36.5 Å². The van der Waals surface area contributed by atoms with E-state index in [1.807, 2.05) is 6.08 Å². The lowest BCUT2D eigenvalue weighted by Crippen LogP contribution is -2.45. The lowest BCUT2D eigenvalue weighted by atomic mass is 9.52. The van der Waals surface area contributed by atoms with Crippen molar-refractivity contribution in [1.82, 2.24) is 0 Å². The monoisotopic (exact) mass is 312 g/mol. The first-order valence-corrected chi connectivity index (χ1v) is 10.1. The third-order valence-corrected chi connectivity index (χ3v) is 7.83. The Hall–Kier alpha value is -0.850. The number of unbranched alkanes of at least 4 members (excludes halogenated alkanes) is 1. The van der Waals surface area contributed by atoms with Crippen LogP contribution in [0.5, 0.6) is 0 Å². The van der Waals surface area contributed by atoms with E-state index in [2.05, 4.69) is 19.9 Å². The van der Waals surface area contributed by atoms with Crippen LogP contribution in [0, 0.1) is 29.1 Å². The third kappa shape index (κ3) is 2.46. The minimum Gasteiger partial charge on any atom is -0.295 e. The Labute approximate surface area is 141 Å². The van der Waals surface area contributed by atoms with E-state index in [4.69, 9.17) is 0 Å². The normalized spacial score (nSPS) is 44.5. The molecule has 1 heteroatoms. The number of carbonyl (C=O) groups is 1. The van der Waals surface area contributed by atoms with Crippen LogP contribution in [0.4, 0.5) is 0 Å². The summed E-state index contributed by atoms with van der Waals surface area (Å²) in [6.07, 6.45) is 17.3. The number of hydrogen-bond donors (Lipinski definition) is 0. The summed E-state index contributed by atoms with van der Waals surface area (Å²) < 4.78 is 0. The fraction of sp³-hybridized carbons (Fsp3) is 0.773. The van der Waals surface area contributed by atoms with Crippen molar-refractivity contribution >= 4 is 5.78 Å². The molecule has 0 aromatic rings. The van der Waals surface area contributed by atoms with Crippen LogP contribution in [-0.2, 0) is 4.79 Å². The number of allylic oxidation sites excluding steroid dienone is 3. The molecule has 0 radical (unpaired) electrons. The minimum atomic E-state index is 0.390. The van der Waals surface area contributed by atoms with Gasteiger partial charge < -0.3 is 0 Å². The molecular weight excluding hydrogens is 280 g/mol. The van der Waals surface area contributed by atoms with Crippen LogP contribution in [0.2, 0.25) is 0 Å². The highest BCUT2D eigenvalue weighted by Crippen LogP contribution is 2.63. The summed E-state index contributed by atoms with van der Waals surface area (Å²) in [6, 6.07) is 0. The summed E-state index contributed by atoms with van der Waals surface area (Å²) in [7, 11) is 0. The highest BCUT2D eigenvalue weighted by Gasteiger charge is 2.54. The zero-order valence-electron chi connectivity index (χ0n) is 14.9. The molecule has 5 atom stereocenters. The molecule has 3 fully saturated rings. The molecule has 0 heterocycles. The Balaban J connectivity index is 1.59. The van der Waals surface area contributed by atoms with Gasteiger partial charge in [0.05, 0.1) is 0 Å². The van der Waals surface area contributed by atoms with Crippen molar-refractivity contribution in [1.29, 1.82) is 0 Å². The Bertz CT molecular complexity index is 554. The summed E-state index contributed by atoms with van der Waals surface area (Å²) in [5.41, 5.74) is 3.82. The summed E-state index contributed by atoms with van der Waals surface area (Å²) in [5, 5.41) is 0. The van der Waals surface area contributed by atoms with Gasteiger partial charge in [0.15, 0.2) is 5.78 Å². The molecule has 0 spiro atoms. The Morgan fingerprint density at radius 2 is 2.00 bits per heavy atom. The molecule has 1 nitrogen and oxygen atoms in total. The van der Waals surface area contributed by atoms with Gasteiger partial charge >= 0.3 is 0 Å². The molecule has 0 saturated heterocycles. The quantitative estimate of drug-likeness (QED) is 0.584. The van der Waals surface area contributed by atoms with Crippen molar-refractivity contribution in [2.45, 2.75) is 78.1 Å². The van der Waals surface area contributed by atoms with Gasteiger partial charge in [-0.05, 0) is 86.5 Å². The molecule has 0 unspecified atom stereocenters. The topological polar surface area (TPSA) is 17.1 Å². The fourth-order valence-electron chi connectivity index (χ4n) is 6.68. The van der Waals surface area contributed by atoms with Gasteiger partial charge in [-0.2, -0.15) is 0 Å². The molecule has 126 valence electrons. The van der Waals surface area contributed by atoms with Crippen LogP contribution >= 0.6 is 0 Å². The van der Waals surface area contributed by atoms with E-state index in [9.17, 15) is 4.79 Å². The molecule has 0 aromatic carbocycles. The maximum absolute atomic E-state index is 11.8. The summed E-state index contributed by atoms with van der Waals surface area (Å²) >= 11 is 0. The zero-order valence-corrected chi connectivity index (χ0v) is 14.9. The summed E-state index contributed by atoms with van der Waals surface area (Å²) in [5.74, 6) is 3.87. The molecule has 4 aliphatic carbocycles.